The lowest BCUT2D eigenvalue weighted by atomic mass is 9.90. The number of fused-ring (bicyclic) bond motifs is 2. The topological polar surface area (TPSA) is 61.5 Å². The Bertz CT molecular complexity index is 238. The van der Waals surface area contributed by atoms with Crippen molar-refractivity contribution in [2.24, 2.45) is 11.7 Å². The first-order valence-corrected chi connectivity index (χ1v) is 3.91. The van der Waals surface area contributed by atoms with Crippen LogP contribution in [0.1, 0.15) is 0 Å². The van der Waals surface area contributed by atoms with Gasteiger partial charge in [-0.3, -0.25) is 4.79 Å². The van der Waals surface area contributed by atoms with Crippen molar-refractivity contribution in [3.05, 3.63) is 12.2 Å². The highest BCUT2D eigenvalue weighted by Gasteiger charge is 2.48. The molecule has 2 rings (SSSR count). The smallest absolute Gasteiger partial charge is 0.313 e. The number of ether oxygens (including phenoxy) is 2. The number of hydrogen-bond donors (Lipinski definition) is 1. The highest BCUT2D eigenvalue weighted by atomic mass is 16.5. The van der Waals surface area contributed by atoms with Gasteiger partial charge >= 0.3 is 5.97 Å². The minimum Gasteiger partial charge on any atom is -0.469 e. The summed E-state index contributed by atoms with van der Waals surface area (Å²) >= 11 is 0. The van der Waals surface area contributed by atoms with E-state index in [1.165, 1.54) is 7.11 Å². The molecule has 0 unspecified atom stereocenters. The summed E-state index contributed by atoms with van der Waals surface area (Å²) in [6.45, 7) is 0. The van der Waals surface area contributed by atoms with Gasteiger partial charge in [-0.2, -0.15) is 0 Å². The molecular formula is C8H11NO3. The molecule has 12 heavy (non-hydrogen) atoms. The molecule has 2 N–H and O–H groups in total. The van der Waals surface area contributed by atoms with Crippen LogP contribution in [0.4, 0.5) is 0 Å². The Kier molecular flexibility index (Phi) is 1.66. The zero-order chi connectivity index (χ0) is 8.72. The Morgan fingerprint density at radius 1 is 1.50 bits per heavy atom. The van der Waals surface area contributed by atoms with Crippen LogP contribution in [0.15, 0.2) is 12.2 Å². The number of carbonyl (C=O) groups is 1. The standard InChI is InChI=1S/C8H11NO3/c1-11-8(10)6-4-2-3-5(12-4)7(6)9/h2-7H,9H2,1H3/t4-,5-,6-,7+/m0/s1. The molecule has 0 aromatic rings. The van der Waals surface area contributed by atoms with E-state index in [2.05, 4.69) is 4.74 Å². The summed E-state index contributed by atoms with van der Waals surface area (Å²) in [5.41, 5.74) is 5.76. The van der Waals surface area contributed by atoms with Gasteiger partial charge in [0.1, 0.15) is 5.92 Å². The maximum absolute atomic E-state index is 11.2. The van der Waals surface area contributed by atoms with Gasteiger partial charge in [-0.25, -0.2) is 0 Å². The molecule has 4 nitrogen and oxygen atoms in total. The van der Waals surface area contributed by atoms with Gasteiger partial charge in [0.15, 0.2) is 0 Å². The third-order valence-corrected chi connectivity index (χ3v) is 2.43. The molecule has 0 saturated carbocycles. The zero-order valence-electron chi connectivity index (χ0n) is 6.77. The van der Waals surface area contributed by atoms with Crippen LogP contribution in [0.3, 0.4) is 0 Å². The molecule has 0 aromatic heterocycles. The third-order valence-electron chi connectivity index (χ3n) is 2.43. The average Bonchev–Trinajstić information content (AvgIpc) is 2.63. The number of carbonyl (C=O) groups excluding carboxylic acids is 1. The van der Waals surface area contributed by atoms with Crippen molar-refractivity contribution in [1.29, 1.82) is 0 Å². The van der Waals surface area contributed by atoms with Crippen molar-refractivity contribution in [1.82, 2.24) is 0 Å². The second-order valence-corrected chi connectivity index (χ2v) is 3.08. The van der Waals surface area contributed by atoms with Crippen LogP contribution in [0.25, 0.3) is 0 Å². The first-order chi connectivity index (χ1) is 5.74. The number of rotatable bonds is 1. The molecule has 4 heteroatoms. The molecule has 2 aliphatic rings. The quantitative estimate of drug-likeness (QED) is 0.422. The van der Waals surface area contributed by atoms with Gasteiger partial charge in [0.2, 0.25) is 0 Å². The van der Waals surface area contributed by atoms with Gasteiger partial charge in [-0.15, -0.1) is 0 Å². The Balaban J connectivity index is 2.18. The second kappa shape index (κ2) is 2.57. The first-order valence-electron chi connectivity index (χ1n) is 3.91. The van der Waals surface area contributed by atoms with Crippen molar-refractivity contribution < 1.29 is 14.3 Å². The summed E-state index contributed by atoms with van der Waals surface area (Å²) in [4.78, 5) is 11.2. The van der Waals surface area contributed by atoms with E-state index in [0.717, 1.165) is 0 Å². The lowest BCUT2D eigenvalue weighted by Crippen LogP contribution is -2.42. The van der Waals surface area contributed by atoms with E-state index in [0.29, 0.717) is 0 Å². The fraction of sp³-hybridized carbons (Fsp3) is 0.625. The van der Waals surface area contributed by atoms with Crippen molar-refractivity contribution in [2.75, 3.05) is 7.11 Å². The highest BCUT2D eigenvalue weighted by molar-refractivity contribution is 5.75. The van der Waals surface area contributed by atoms with Crippen LogP contribution in [-0.2, 0) is 14.3 Å². The van der Waals surface area contributed by atoms with Gasteiger partial charge in [0.25, 0.3) is 0 Å². The van der Waals surface area contributed by atoms with Crippen molar-refractivity contribution >= 4 is 5.97 Å². The minimum absolute atomic E-state index is 0.0981. The average molecular weight is 169 g/mol. The zero-order valence-corrected chi connectivity index (χ0v) is 6.77. The Morgan fingerprint density at radius 2 is 2.17 bits per heavy atom. The number of esters is 1. The number of hydrogen-bond acceptors (Lipinski definition) is 4. The maximum Gasteiger partial charge on any atom is 0.313 e. The van der Waals surface area contributed by atoms with Crippen LogP contribution >= 0.6 is 0 Å². The van der Waals surface area contributed by atoms with E-state index in [-0.39, 0.29) is 30.1 Å². The van der Waals surface area contributed by atoms with E-state index >= 15 is 0 Å². The lowest BCUT2D eigenvalue weighted by Gasteiger charge is -2.18. The fourth-order valence-electron chi connectivity index (χ4n) is 1.77. The predicted octanol–water partition coefficient (Wildman–Crippen LogP) is -0.560. The summed E-state index contributed by atoms with van der Waals surface area (Å²) in [5, 5.41) is 0. The third kappa shape index (κ3) is 0.884. The van der Waals surface area contributed by atoms with Crippen LogP contribution in [0.5, 0.6) is 0 Å². The summed E-state index contributed by atoms with van der Waals surface area (Å²) < 4.78 is 10.0. The molecule has 0 aromatic carbocycles. The molecular weight excluding hydrogens is 158 g/mol. The molecule has 0 spiro atoms. The first kappa shape index (κ1) is 7.76. The molecule has 4 atom stereocenters. The Labute approximate surface area is 70.3 Å². The van der Waals surface area contributed by atoms with E-state index < -0.39 is 0 Å². The van der Waals surface area contributed by atoms with E-state index in [1.807, 2.05) is 12.2 Å². The summed E-state index contributed by atoms with van der Waals surface area (Å²) in [6, 6.07) is -0.243. The number of nitrogens with two attached hydrogens (primary N) is 1. The molecule has 2 heterocycles. The molecule has 1 fully saturated rings. The van der Waals surface area contributed by atoms with Gasteiger partial charge < -0.3 is 15.2 Å². The molecule has 2 aliphatic heterocycles. The SMILES string of the molecule is COC(=O)[C@@H]1[C@H](N)[C@@H]2C=C[C@@H]1O2. The summed E-state index contributed by atoms with van der Waals surface area (Å²) in [7, 11) is 1.37. The molecule has 0 amide bonds. The molecule has 2 bridgehead atoms. The minimum atomic E-state index is -0.315. The largest absolute Gasteiger partial charge is 0.469 e. The summed E-state index contributed by atoms with van der Waals surface area (Å²) in [6.07, 6.45) is 3.50. The van der Waals surface area contributed by atoms with Crippen LogP contribution in [-0.4, -0.2) is 31.3 Å². The van der Waals surface area contributed by atoms with Crippen molar-refractivity contribution in [3.8, 4) is 0 Å². The van der Waals surface area contributed by atoms with Gasteiger partial charge in [-0.05, 0) is 0 Å². The maximum atomic E-state index is 11.2. The monoisotopic (exact) mass is 169 g/mol. The molecule has 66 valence electrons. The Morgan fingerprint density at radius 3 is 2.67 bits per heavy atom. The van der Waals surface area contributed by atoms with Crippen LogP contribution < -0.4 is 5.73 Å². The van der Waals surface area contributed by atoms with E-state index in [4.69, 9.17) is 10.5 Å². The fourth-order valence-corrected chi connectivity index (χ4v) is 1.77. The molecule has 1 saturated heterocycles. The Hall–Kier alpha value is -0.870. The normalized spacial score (nSPS) is 43.5. The van der Waals surface area contributed by atoms with Crippen LogP contribution in [0, 0.1) is 5.92 Å². The van der Waals surface area contributed by atoms with E-state index in [1.54, 1.807) is 0 Å². The van der Waals surface area contributed by atoms with Gasteiger partial charge in [0, 0.05) is 0 Å². The second-order valence-electron chi connectivity index (χ2n) is 3.08. The van der Waals surface area contributed by atoms with Crippen molar-refractivity contribution in [2.45, 2.75) is 18.2 Å². The lowest BCUT2D eigenvalue weighted by molar-refractivity contribution is -0.146. The number of methoxy groups -OCH3 is 1. The predicted molar refractivity (Wildman–Crippen MR) is 41.3 cm³/mol. The van der Waals surface area contributed by atoms with Crippen LogP contribution in [0.2, 0.25) is 0 Å². The highest BCUT2D eigenvalue weighted by Crippen LogP contribution is 2.33. The summed E-state index contributed by atoms with van der Waals surface area (Å²) in [5.74, 6) is -0.593. The molecule has 0 radical (unpaired) electrons. The molecule has 0 aliphatic carbocycles. The van der Waals surface area contributed by atoms with Gasteiger partial charge in [0.05, 0.1) is 25.4 Å². The van der Waals surface area contributed by atoms with E-state index in [9.17, 15) is 4.79 Å². The van der Waals surface area contributed by atoms with Crippen molar-refractivity contribution in [3.63, 3.8) is 0 Å². The van der Waals surface area contributed by atoms with Gasteiger partial charge in [-0.1, -0.05) is 12.2 Å².